The second-order valence-corrected chi connectivity index (χ2v) is 8.89. The number of hydrogen-bond donors (Lipinski definition) is 2. The van der Waals surface area contributed by atoms with Crippen molar-refractivity contribution in [2.45, 2.75) is 37.7 Å². The molecule has 0 radical (unpaired) electrons. The molecule has 2 saturated heterocycles. The van der Waals surface area contributed by atoms with Crippen molar-refractivity contribution in [1.29, 1.82) is 0 Å². The van der Waals surface area contributed by atoms with Crippen LogP contribution in [0.2, 0.25) is 0 Å². The number of hydrogen-bond acceptors (Lipinski definition) is 8. The minimum atomic E-state index is -4.14. The fraction of sp³-hybridized carbons (Fsp3) is 0.714. The van der Waals surface area contributed by atoms with Crippen molar-refractivity contribution in [3.8, 4) is 0 Å². The molecule has 3 N–H and O–H groups in total. The summed E-state index contributed by atoms with van der Waals surface area (Å²) in [5.41, 5.74) is 4.85. The lowest BCUT2D eigenvalue weighted by atomic mass is 10.2. The molecule has 10 nitrogen and oxygen atoms in total. The fourth-order valence-electron chi connectivity index (χ4n) is 3.25. The van der Waals surface area contributed by atoms with Gasteiger partial charge < -0.3 is 20.5 Å². The second-order valence-electron chi connectivity index (χ2n) is 6.73. The third kappa shape index (κ3) is 3.64. The Morgan fingerprint density at radius 3 is 2.88 bits per heavy atom. The Bertz CT molecular complexity index is 734. The van der Waals surface area contributed by atoms with Gasteiger partial charge in [0.05, 0.1) is 32.8 Å². The number of nitrogens with zero attached hydrogens (tertiary/aromatic N) is 3. The molecule has 0 aliphatic carbocycles. The lowest BCUT2D eigenvalue weighted by molar-refractivity contribution is -0.803. The molecule has 0 amide bonds. The average Bonchev–Trinajstić information content (AvgIpc) is 3.13. The van der Waals surface area contributed by atoms with Crippen molar-refractivity contribution in [2.75, 3.05) is 32.5 Å². The molecule has 0 saturated carbocycles. The maximum Gasteiger partial charge on any atom is 0.351 e. The number of nitrogens with two attached hydrogens (primary N) is 1. The largest absolute Gasteiger partial charge is 0.730 e. The summed E-state index contributed by atoms with van der Waals surface area (Å²) in [5.74, 6) is 0.0922. The summed E-state index contributed by atoms with van der Waals surface area (Å²) in [5, 5.41) is 10.1. The van der Waals surface area contributed by atoms with E-state index in [0.29, 0.717) is 13.1 Å². The summed E-state index contributed by atoms with van der Waals surface area (Å²) < 4.78 is 24.3. The summed E-state index contributed by atoms with van der Waals surface area (Å²) in [6, 6.07) is 1.45. The predicted octanol–water partition coefficient (Wildman–Crippen LogP) is -0.801. The van der Waals surface area contributed by atoms with Gasteiger partial charge in [-0.3, -0.25) is 13.3 Å². The van der Waals surface area contributed by atoms with Crippen molar-refractivity contribution >= 4 is 13.6 Å². The van der Waals surface area contributed by atoms with Gasteiger partial charge in [0.1, 0.15) is 18.1 Å². The zero-order valence-electron chi connectivity index (χ0n) is 14.0. The first-order chi connectivity index (χ1) is 11.7. The van der Waals surface area contributed by atoms with Crippen LogP contribution in [0.5, 0.6) is 0 Å². The predicted molar refractivity (Wildman–Crippen MR) is 86.2 cm³/mol. The molecule has 2 fully saturated rings. The molecule has 0 aromatic carbocycles. The molecule has 1 unspecified atom stereocenters. The molecule has 11 heteroatoms. The van der Waals surface area contributed by atoms with E-state index in [9.17, 15) is 19.4 Å². The monoisotopic (exact) mass is 374 g/mol. The number of ether oxygens (including phenoxy) is 1. The van der Waals surface area contributed by atoms with Gasteiger partial charge in [-0.05, 0) is 6.07 Å². The number of nitrogen functional groups attached to an aromatic ring is 1. The highest BCUT2D eigenvalue weighted by Gasteiger charge is 2.42. The van der Waals surface area contributed by atoms with Crippen molar-refractivity contribution in [2.24, 2.45) is 0 Å². The van der Waals surface area contributed by atoms with Crippen molar-refractivity contribution in [1.82, 2.24) is 9.55 Å². The molecule has 1 aromatic heterocycles. The van der Waals surface area contributed by atoms with Gasteiger partial charge in [0.25, 0.3) is 0 Å². The van der Waals surface area contributed by atoms with Crippen LogP contribution in [-0.4, -0.2) is 57.9 Å². The van der Waals surface area contributed by atoms with Gasteiger partial charge in [0.2, 0.25) is 0 Å². The number of quaternary nitrogens is 1. The van der Waals surface area contributed by atoms with E-state index in [1.165, 1.54) is 16.8 Å². The van der Waals surface area contributed by atoms with Crippen LogP contribution >= 0.6 is 7.75 Å². The lowest BCUT2D eigenvalue weighted by Crippen LogP contribution is -2.43. The smallest absolute Gasteiger partial charge is 0.351 e. The Morgan fingerprint density at radius 2 is 2.24 bits per heavy atom. The molecule has 3 rings (SSSR count). The molecule has 2 aliphatic rings. The Hall–Kier alpha value is -1.29. The molecular formula is C14H23N4O6P. The Kier molecular flexibility index (Phi) is 5.02. The van der Waals surface area contributed by atoms with Crippen LogP contribution < -0.4 is 16.3 Å². The zero-order chi connectivity index (χ0) is 18.2. The molecule has 4 atom stereocenters. The van der Waals surface area contributed by atoms with Crippen molar-refractivity contribution in [3.05, 3.63) is 22.7 Å². The molecular weight excluding hydrogens is 351 g/mol. The third-order valence-electron chi connectivity index (χ3n) is 4.89. The van der Waals surface area contributed by atoms with Crippen molar-refractivity contribution < 1.29 is 28.1 Å². The summed E-state index contributed by atoms with van der Waals surface area (Å²) in [4.78, 5) is 27.9. The van der Waals surface area contributed by atoms with E-state index < -0.39 is 31.9 Å². The van der Waals surface area contributed by atoms with Crippen LogP contribution in [-0.2, 0) is 13.8 Å². The number of aliphatic hydroxyl groups excluding tert-OH is 1. The minimum Gasteiger partial charge on any atom is -0.730 e. The van der Waals surface area contributed by atoms with Crippen LogP contribution in [0.15, 0.2) is 17.1 Å². The second kappa shape index (κ2) is 6.79. The Morgan fingerprint density at radius 1 is 1.56 bits per heavy atom. The number of anilines is 1. The van der Waals surface area contributed by atoms with Gasteiger partial charge in [0, 0.05) is 25.5 Å². The van der Waals surface area contributed by atoms with E-state index >= 15 is 0 Å². The summed E-state index contributed by atoms with van der Waals surface area (Å²) in [6.07, 6.45) is 0.707. The fourth-order valence-corrected chi connectivity index (χ4v) is 4.64. The van der Waals surface area contributed by atoms with Crippen LogP contribution in [0.3, 0.4) is 0 Å². The number of rotatable bonds is 5. The first-order valence-corrected chi connectivity index (χ1v) is 9.70. The Balaban J connectivity index is 1.64. The standard InChI is InChI=1S/C14H23N4O6P/c1-18(6-2-3-7-18)25(21,22)23-9-11-10(19)8-13(24-11)17-5-4-12(15)16-14(17)20/h4-5,10-11,13,19H,2-3,6-9H2,1H3,(H2-,15,16,20,21,22)/t10-,11+,13+/m0/s1. The van der Waals surface area contributed by atoms with Crippen LogP contribution in [0.25, 0.3) is 0 Å². The van der Waals surface area contributed by atoms with E-state index in [1.807, 2.05) is 0 Å². The average molecular weight is 374 g/mol. The highest BCUT2D eigenvalue weighted by molar-refractivity contribution is 7.45. The van der Waals surface area contributed by atoms with Gasteiger partial charge in [-0.2, -0.15) is 4.98 Å². The highest BCUT2D eigenvalue weighted by atomic mass is 31.2. The van der Waals surface area contributed by atoms with Gasteiger partial charge in [-0.1, -0.05) is 0 Å². The van der Waals surface area contributed by atoms with Gasteiger partial charge in [0.15, 0.2) is 0 Å². The minimum absolute atomic E-state index is 0.0922. The normalized spacial score (nSPS) is 31.1. The summed E-state index contributed by atoms with van der Waals surface area (Å²) in [6.45, 7) is 0.747. The van der Waals surface area contributed by atoms with E-state index in [0.717, 1.165) is 12.8 Å². The molecule has 25 heavy (non-hydrogen) atoms. The molecule has 1 aromatic rings. The van der Waals surface area contributed by atoms with E-state index in [-0.39, 0.29) is 23.1 Å². The quantitative estimate of drug-likeness (QED) is 0.639. The maximum atomic E-state index is 12.4. The zero-order valence-corrected chi connectivity index (χ0v) is 14.9. The summed E-state index contributed by atoms with van der Waals surface area (Å²) in [7, 11) is -2.51. The van der Waals surface area contributed by atoms with Gasteiger partial charge in [-0.15, -0.1) is 0 Å². The van der Waals surface area contributed by atoms with Crippen molar-refractivity contribution in [3.63, 3.8) is 0 Å². The lowest BCUT2D eigenvalue weighted by Gasteiger charge is -2.40. The number of aliphatic hydroxyl groups is 1. The van der Waals surface area contributed by atoms with Crippen LogP contribution in [0.4, 0.5) is 5.82 Å². The number of likely N-dealkylation sites (tertiary alicyclic amines) is 1. The Labute approximate surface area is 145 Å². The molecule has 2 aliphatic heterocycles. The van der Waals surface area contributed by atoms with Crippen LogP contribution in [0, 0.1) is 0 Å². The topological polar surface area (TPSA) is 140 Å². The highest BCUT2D eigenvalue weighted by Crippen LogP contribution is 2.51. The summed E-state index contributed by atoms with van der Waals surface area (Å²) >= 11 is 0. The first kappa shape index (κ1) is 18.5. The molecule has 140 valence electrons. The first-order valence-electron chi connectivity index (χ1n) is 8.21. The van der Waals surface area contributed by atoms with Gasteiger partial charge in [-0.25, -0.2) is 9.36 Å². The van der Waals surface area contributed by atoms with E-state index in [2.05, 4.69) is 4.98 Å². The van der Waals surface area contributed by atoms with E-state index in [1.54, 1.807) is 7.05 Å². The van der Waals surface area contributed by atoms with Crippen LogP contribution in [0.1, 0.15) is 25.5 Å². The third-order valence-corrected chi connectivity index (χ3v) is 6.95. The molecule has 0 bridgehead atoms. The van der Waals surface area contributed by atoms with E-state index in [4.69, 9.17) is 15.0 Å². The number of aromatic nitrogens is 2. The SMILES string of the molecule is C[N+]1(P(=O)([O-])OC[C@H]2O[C@@H](n3ccc(N)nc3=O)C[C@@H]2O)CCCC1. The molecule has 0 spiro atoms. The van der Waals surface area contributed by atoms with Gasteiger partial charge >= 0.3 is 13.4 Å². The molecule has 3 heterocycles. The maximum absolute atomic E-state index is 12.4.